The molecule has 2 aromatic heterocycles. The number of hydrogen-bond acceptors (Lipinski definition) is 7. The van der Waals surface area contributed by atoms with Crippen LogP contribution in [0.25, 0.3) is 5.95 Å². The van der Waals surface area contributed by atoms with Crippen molar-refractivity contribution >= 4 is 11.9 Å². The van der Waals surface area contributed by atoms with Gasteiger partial charge in [-0.05, 0) is 20.3 Å². The van der Waals surface area contributed by atoms with Crippen LogP contribution in [0.15, 0.2) is 18.7 Å². The third kappa shape index (κ3) is 3.02. The average Bonchev–Trinajstić information content (AvgIpc) is 2.98. The highest BCUT2D eigenvalue weighted by Gasteiger charge is 2.16. The minimum Gasteiger partial charge on any atom is -0.338 e. The number of anilines is 2. The molecule has 0 aliphatic carbocycles. The molecule has 0 saturated carbocycles. The second-order valence-electron chi connectivity index (χ2n) is 4.66. The van der Waals surface area contributed by atoms with Crippen molar-refractivity contribution in [1.29, 1.82) is 0 Å². The average molecular weight is 276 g/mol. The topological polar surface area (TPSA) is 97.8 Å². The van der Waals surface area contributed by atoms with E-state index in [1.165, 1.54) is 0 Å². The van der Waals surface area contributed by atoms with Crippen LogP contribution in [0.1, 0.15) is 27.2 Å². The largest absolute Gasteiger partial charge is 0.338 e. The van der Waals surface area contributed by atoms with Gasteiger partial charge in [0.1, 0.15) is 6.33 Å². The van der Waals surface area contributed by atoms with Gasteiger partial charge >= 0.3 is 0 Å². The number of rotatable bonds is 6. The monoisotopic (exact) mass is 276 g/mol. The molecule has 8 heteroatoms. The van der Waals surface area contributed by atoms with Gasteiger partial charge in [0.25, 0.3) is 0 Å². The molecule has 0 radical (unpaired) electrons. The molecular weight excluding hydrogens is 256 g/mol. The Bertz CT molecular complexity index is 536. The smallest absolute Gasteiger partial charge is 0.243 e. The van der Waals surface area contributed by atoms with Gasteiger partial charge in [-0.2, -0.15) is 15.0 Å². The standard InChI is InChI=1S/C12H20N8/c1-4-6-20(9(2)3)12-16-10(18-13)15-11(17-12)19-7-5-14-8-19/h5,7-9H,4,6,13H2,1-3H3,(H,15,16,17,18). The molecule has 0 fully saturated rings. The number of nitrogen functional groups attached to an aromatic ring is 1. The van der Waals surface area contributed by atoms with Gasteiger partial charge in [0.2, 0.25) is 17.8 Å². The van der Waals surface area contributed by atoms with E-state index in [9.17, 15) is 0 Å². The van der Waals surface area contributed by atoms with E-state index in [0.29, 0.717) is 23.9 Å². The molecule has 2 heterocycles. The Labute approximate surface area is 118 Å². The van der Waals surface area contributed by atoms with E-state index in [-0.39, 0.29) is 0 Å². The van der Waals surface area contributed by atoms with Crippen LogP contribution in [0.3, 0.4) is 0 Å². The van der Waals surface area contributed by atoms with Crippen molar-refractivity contribution in [3.05, 3.63) is 18.7 Å². The predicted molar refractivity (Wildman–Crippen MR) is 77.5 cm³/mol. The Hall–Kier alpha value is -2.22. The van der Waals surface area contributed by atoms with E-state index >= 15 is 0 Å². The first-order chi connectivity index (χ1) is 9.65. The first-order valence-corrected chi connectivity index (χ1v) is 6.63. The summed E-state index contributed by atoms with van der Waals surface area (Å²) in [7, 11) is 0. The highest BCUT2D eigenvalue weighted by Crippen LogP contribution is 2.15. The van der Waals surface area contributed by atoms with E-state index in [1.54, 1.807) is 23.3 Å². The van der Waals surface area contributed by atoms with Gasteiger partial charge in [-0.25, -0.2) is 10.8 Å². The molecule has 0 aromatic carbocycles. The van der Waals surface area contributed by atoms with E-state index in [1.807, 2.05) is 0 Å². The second-order valence-corrected chi connectivity index (χ2v) is 4.66. The van der Waals surface area contributed by atoms with Gasteiger partial charge < -0.3 is 4.90 Å². The first-order valence-electron chi connectivity index (χ1n) is 6.63. The van der Waals surface area contributed by atoms with Crippen molar-refractivity contribution in [2.24, 2.45) is 5.84 Å². The van der Waals surface area contributed by atoms with Crippen LogP contribution in [0, 0.1) is 0 Å². The number of hydrazine groups is 1. The lowest BCUT2D eigenvalue weighted by Crippen LogP contribution is -2.33. The summed E-state index contributed by atoms with van der Waals surface area (Å²) in [6.45, 7) is 7.20. The Morgan fingerprint density at radius 3 is 2.70 bits per heavy atom. The molecule has 108 valence electrons. The van der Waals surface area contributed by atoms with Crippen molar-refractivity contribution in [2.75, 3.05) is 16.9 Å². The minimum atomic E-state index is 0.290. The summed E-state index contributed by atoms with van der Waals surface area (Å²) in [5.41, 5.74) is 2.48. The van der Waals surface area contributed by atoms with Gasteiger partial charge in [0.15, 0.2) is 0 Å². The zero-order chi connectivity index (χ0) is 14.5. The molecule has 3 N–H and O–H groups in total. The maximum Gasteiger partial charge on any atom is 0.243 e. The van der Waals surface area contributed by atoms with Gasteiger partial charge in [-0.3, -0.25) is 9.99 Å². The van der Waals surface area contributed by atoms with Crippen LogP contribution in [0.4, 0.5) is 11.9 Å². The molecule has 0 bridgehead atoms. The molecule has 0 spiro atoms. The van der Waals surface area contributed by atoms with Gasteiger partial charge in [0, 0.05) is 25.0 Å². The maximum atomic E-state index is 5.45. The van der Waals surface area contributed by atoms with Crippen molar-refractivity contribution in [3.63, 3.8) is 0 Å². The number of nitrogens with one attached hydrogen (secondary N) is 1. The summed E-state index contributed by atoms with van der Waals surface area (Å²) in [5, 5.41) is 0. The second kappa shape index (κ2) is 6.29. The molecule has 8 nitrogen and oxygen atoms in total. The van der Waals surface area contributed by atoms with E-state index < -0.39 is 0 Å². The van der Waals surface area contributed by atoms with E-state index in [0.717, 1.165) is 13.0 Å². The lowest BCUT2D eigenvalue weighted by atomic mass is 10.3. The SMILES string of the molecule is CCCN(c1nc(NN)nc(-n2ccnc2)n1)C(C)C. The number of aromatic nitrogens is 5. The number of imidazole rings is 1. The van der Waals surface area contributed by atoms with Crippen LogP contribution < -0.4 is 16.2 Å². The summed E-state index contributed by atoms with van der Waals surface area (Å²) in [5.74, 6) is 6.87. The molecule has 0 atom stereocenters. The molecule has 0 saturated heterocycles. The summed E-state index contributed by atoms with van der Waals surface area (Å²) in [6.07, 6.45) is 6.10. The first kappa shape index (κ1) is 14.2. The Balaban J connectivity index is 2.44. The zero-order valence-electron chi connectivity index (χ0n) is 12.0. The Morgan fingerprint density at radius 1 is 1.35 bits per heavy atom. The number of hydrogen-bond donors (Lipinski definition) is 2. The molecular formula is C12H20N8. The third-order valence-corrected chi connectivity index (χ3v) is 2.82. The normalized spacial score (nSPS) is 10.8. The fourth-order valence-corrected chi connectivity index (χ4v) is 1.87. The summed E-state index contributed by atoms with van der Waals surface area (Å²) in [6, 6.07) is 0.290. The van der Waals surface area contributed by atoms with Crippen LogP contribution in [-0.2, 0) is 0 Å². The molecule has 0 amide bonds. The zero-order valence-corrected chi connectivity index (χ0v) is 12.0. The van der Waals surface area contributed by atoms with E-state index in [4.69, 9.17) is 5.84 Å². The van der Waals surface area contributed by atoms with Crippen LogP contribution >= 0.6 is 0 Å². The summed E-state index contributed by atoms with van der Waals surface area (Å²) in [4.78, 5) is 19.2. The fraction of sp³-hybridized carbons (Fsp3) is 0.500. The molecule has 0 aliphatic heterocycles. The lowest BCUT2D eigenvalue weighted by molar-refractivity contribution is 0.647. The third-order valence-electron chi connectivity index (χ3n) is 2.82. The van der Waals surface area contributed by atoms with Crippen molar-refractivity contribution in [2.45, 2.75) is 33.2 Å². The van der Waals surface area contributed by atoms with E-state index in [2.05, 4.69) is 51.0 Å². The van der Waals surface area contributed by atoms with Crippen molar-refractivity contribution in [3.8, 4) is 5.95 Å². The van der Waals surface area contributed by atoms with Crippen LogP contribution in [-0.4, -0.2) is 37.1 Å². The molecule has 2 aromatic rings. The summed E-state index contributed by atoms with van der Waals surface area (Å²) >= 11 is 0. The highest BCUT2D eigenvalue weighted by molar-refractivity contribution is 5.40. The predicted octanol–water partition coefficient (Wildman–Crippen LogP) is 0.968. The molecule has 0 unspecified atom stereocenters. The lowest BCUT2D eigenvalue weighted by Gasteiger charge is -2.26. The maximum absolute atomic E-state index is 5.45. The minimum absolute atomic E-state index is 0.290. The van der Waals surface area contributed by atoms with Crippen LogP contribution in [0.2, 0.25) is 0 Å². The molecule has 20 heavy (non-hydrogen) atoms. The van der Waals surface area contributed by atoms with Crippen molar-refractivity contribution in [1.82, 2.24) is 24.5 Å². The molecule has 0 aliphatic rings. The number of nitrogens with zero attached hydrogens (tertiary/aromatic N) is 6. The van der Waals surface area contributed by atoms with Gasteiger partial charge in [0.05, 0.1) is 0 Å². The fourth-order valence-electron chi connectivity index (χ4n) is 1.87. The van der Waals surface area contributed by atoms with Crippen LogP contribution in [0.5, 0.6) is 0 Å². The Kier molecular flexibility index (Phi) is 4.46. The Morgan fingerprint density at radius 2 is 2.15 bits per heavy atom. The highest BCUT2D eigenvalue weighted by atomic mass is 15.4. The quantitative estimate of drug-likeness (QED) is 0.599. The van der Waals surface area contributed by atoms with Gasteiger partial charge in [-0.15, -0.1) is 0 Å². The van der Waals surface area contributed by atoms with Crippen molar-refractivity contribution < 1.29 is 0 Å². The number of nitrogens with two attached hydrogens (primary N) is 1. The molecule has 2 rings (SSSR count). The summed E-state index contributed by atoms with van der Waals surface area (Å²) < 4.78 is 1.72. The van der Waals surface area contributed by atoms with Gasteiger partial charge in [-0.1, -0.05) is 6.92 Å².